The maximum Gasteiger partial charge on any atom is 0.217 e. The fourth-order valence-electron chi connectivity index (χ4n) is 5.86. The van der Waals surface area contributed by atoms with Crippen molar-refractivity contribution < 1.29 is 99.2 Å². The normalized spacial score (nSPS) is 51.0. The standard InChI is InChI=1S/C26H45NO20/c1-6-12(32)17(37)18(38)25(41-6)47-22-21(46-24-11(27-7(2)31)16(36)13(33)8(3-28)43-24)15(35)10(5-30)44-26(22)45-20-14(34)9(4-29)42-23(40)19(20)39/h6,8-26,28-30,32-40H,3-5H2,1-2H3,(H,27,31)/t6-,8+,9+,10+,11+,12+,13-,14+,15-,16+,17+,18-,19+,20-,21-,22+,23?,24+,25-,26-/m0/s1. The maximum absolute atomic E-state index is 12.0. The SMILES string of the molecule is CC(=O)N[C@H]1[C@@H](O[C@H]2[C@@H](O)[C@@H](CO)O[C@@H](O[C@H]3[C@H](O)[C@@H](CO)OC(O)[C@@H]3O)[C@@H]2O[C@@H]2O[C@@H](C)[C@@H](O)[C@@H](O)[C@@H]2O)O[C@H](CO)[C@H](O)[C@@H]1O. The van der Waals surface area contributed by atoms with Crippen LogP contribution in [0.5, 0.6) is 0 Å². The molecule has 1 amide bonds. The minimum atomic E-state index is -1.98. The van der Waals surface area contributed by atoms with Crippen LogP contribution in [0.25, 0.3) is 0 Å². The highest BCUT2D eigenvalue weighted by Crippen LogP contribution is 2.35. The molecular formula is C26H45NO20. The molecule has 13 N–H and O–H groups in total. The lowest BCUT2D eigenvalue weighted by Crippen LogP contribution is -2.69. The van der Waals surface area contributed by atoms with Crippen LogP contribution in [0.4, 0.5) is 0 Å². The number of carbonyl (C=O) groups excluding carboxylic acids is 1. The number of amides is 1. The fourth-order valence-corrected chi connectivity index (χ4v) is 5.86. The lowest BCUT2D eigenvalue weighted by atomic mass is 9.94. The van der Waals surface area contributed by atoms with E-state index < -0.39 is 148 Å². The lowest BCUT2D eigenvalue weighted by molar-refractivity contribution is -0.400. The summed E-state index contributed by atoms with van der Waals surface area (Å²) < 4.78 is 39.5. The smallest absolute Gasteiger partial charge is 0.217 e. The highest BCUT2D eigenvalue weighted by Gasteiger charge is 2.56. The van der Waals surface area contributed by atoms with E-state index in [1.54, 1.807) is 0 Å². The van der Waals surface area contributed by atoms with Gasteiger partial charge in [0, 0.05) is 6.92 Å². The topological polar surface area (TPSA) is 336 Å². The summed E-state index contributed by atoms with van der Waals surface area (Å²) in [4.78, 5) is 12.0. The van der Waals surface area contributed by atoms with Crippen LogP contribution in [-0.2, 0) is 38.0 Å². The molecule has 20 atom stereocenters. The van der Waals surface area contributed by atoms with Gasteiger partial charge in [-0.3, -0.25) is 4.79 Å². The highest BCUT2D eigenvalue weighted by atomic mass is 16.8. The van der Waals surface area contributed by atoms with E-state index in [2.05, 4.69) is 5.32 Å². The summed E-state index contributed by atoms with van der Waals surface area (Å²) >= 11 is 0. The molecule has 4 fully saturated rings. The summed E-state index contributed by atoms with van der Waals surface area (Å²) in [5.74, 6) is -0.713. The molecule has 0 aromatic heterocycles. The predicted molar refractivity (Wildman–Crippen MR) is 144 cm³/mol. The van der Waals surface area contributed by atoms with Crippen LogP contribution < -0.4 is 5.32 Å². The van der Waals surface area contributed by atoms with Gasteiger partial charge in [0.2, 0.25) is 5.91 Å². The molecule has 47 heavy (non-hydrogen) atoms. The third kappa shape index (κ3) is 8.04. The van der Waals surface area contributed by atoms with Gasteiger partial charge in [0.05, 0.1) is 25.9 Å². The summed E-state index contributed by atoms with van der Waals surface area (Å²) in [5, 5.41) is 127. The number of aliphatic hydroxyl groups is 12. The molecule has 21 nitrogen and oxygen atoms in total. The van der Waals surface area contributed by atoms with Gasteiger partial charge in [0.1, 0.15) is 91.5 Å². The van der Waals surface area contributed by atoms with Crippen LogP contribution in [0.2, 0.25) is 0 Å². The van der Waals surface area contributed by atoms with Gasteiger partial charge < -0.3 is 99.8 Å². The first-order valence-electron chi connectivity index (χ1n) is 15.0. The first kappa shape index (κ1) is 38.5. The number of nitrogens with one attached hydrogen (secondary N) is 1. The van der Waals surface area contributed by atoms with Crippen LogP contribution in [-0.4, -0.2) is 210 Å². The maximum atomic E-state index is 12.0. The monoisotopic (exact) mass is 691 g/mol. The Morgan fingerprint density at radius 3 is 1.66 bits per heavy atom. The Morgan fingerprint density at radius 2 is 1.06 bits per heavy atom. The van der Waals surface area contributed by atoms with E-state index in [9.17, 15) is 66.1 Å². The summed E-state index contributed by atoms with van der Waals surface area (Å²) in [7, 11) is 0. The van der Waals surface area contributed by atoms with E-state index in [4.69, 9.17) is 33.2 Å². The van der Waals surface area contributed by atoms with Gasteiger partial charge in [-0.15, -0.1) is 0 Å². The Hall–Kier alpha value is -1.29. The molecule has 0 aromatic carbocycles. The number of ether oxygens (including phenoxy) is 7. The third-order valence-corrected chi connectivity index (χ3v) is 8.57. The zero-order valence-electron chi connectivity index (χ0n) is 25.3. The second-order valence-electron chi connectivity index (χ2n) is 11.9. The quantitative estimate of drug-likeness (QED) is 0.101. The van der Waals surface area contributed by atoms with Gasteiger partial charge in [0.25, 0.3) is 0 Å². The first-order valence-corrected chi connectivity index (χ1v) is 15.0. The lowest BCUT2D eigenvalue weighted by Gasteiger charge is -2.50. The van der Waals surface area contributed by atoms with E-state index in [1.807, 2.05) is 0 Å². The molecular weight excluding hydrogens is 646 g/mol. The Bertz CT molecular complexity index is 1010. The second kappa shape index (κ2) is 16.2. The summed E-state index contributed by atoms with van der Waals surface area (Å²) in [6, 6.07) is -1.54. The minimum Gasteiger partial charge on any atom is -0.394 e. The number of rotatable bonds is 10. The van der Waals surface area contributed by atoms with Gasteiger partial charge in [0.15, 0.2) is 25.2 Å². The highest BCUT2D eigenvalue weighted by molar-refractivity contribution is 5.73. The second-order valence-corrected chi connectivity index (χ2v) is 11.9. The van der Waals surface area contributed by atoms with Gasteiger partial charge in [-0.25, -0.2) is 0 Å². The third-order valence-electron chi connectivity index (χ3n) is 8.57. The molecule has 0 spiro atoms. The van der Waals surface area contributed by atoms with Crippen molar-refractivity contribution in [1.82, 2.24) is 5.32 Å². The van der Waals surface area contributed by atoms with Crippen LogP contribution in [0.1, 0.15) is 13.8 Å². The molecule has 21 heteroatoms. The van der Waals surface area contributed by atoms with Crippen LogP contribution >= 0.6 is 0 Å². The largest absolute Gasteiger partial charge is 0.394 e. The van der Waals surface area contributed by atoms with Crippen molar-refractivity contribution in [3.8, 4) is 0 Å². The average molecular weight is 692 g/mol. The summed E-state index contributed by atoms with van der Waals surface area (Å²) in [6.45, 7) is -0.159. The van der Waals surface area contributed by atoms with E-state index in [0.29, 0.717) is 0 Å². The summed E-state index contributed by atoms with van der Waals surface area (Å²) in [6.07, 6.45) is -33.2. The van der Waals surface area contributed by atoms with E-state index in [-0.39, 0.29) is 0 Å². The van der Waals surface area contributed by atoms with Crippen LogP contribution in [0.3, 0.4) is 0 Å². The zero-order valence-corrected chi connectivity index (χ0v) is 25.3. The number of hydrogen-bond donors (Lipinski definition) is 13. The molecule has 4 saturated heterocycles. The van der Waals surface area contributed by atoms with Gasteiger partial charge in [-0.05, 0) is 6.92 Å². The molecule has 4 heterocycles. The average Bonchev–Trinajstić information content (AvgIpc) is 3.04. The molecule has 0 saturated carbocycles. The molecule has 4 rings (SSSR count). The van der Waals surface area contributed by atoms with Crippen molar-refractivity contribution in [3.63, 3.8) is 0 Å². The van der Waals surface area contributed by atoms with Crippen molar-refractivity contribution in [2.75, 3.05) is 19.8 Å². The van der Waals surface area contributed by atoms with Crippen molar-refractivity contribution >= 4 is 5.91 Å². The number of aliphatic hydroxyl groups excluding tert-OH is 12. The van der Waals surface area contributed by atoms with Crippen molar-refractivity contribution in [2.45, 2.75) is 137 Å². The summed E-state index contributed by atoms with van der Waals surface area (Å²) in [5.41, 5.74) is 0. The van der Waals surface area contributed by atoms with Crippen molar-refractivity contribution in [2.24, 2.45) is 0 Å². The van der Waals surface area contributed by atoms with E-state index in [1.165, 1.54) is 6.92 Å². The van der Waals surface area contributed by atoms with Crippen molar-refractivity contribution in [1.29, 1.82) is 0 Å². The molecule has 274 valence electrons. The van der Waals surface area contributed by atoms with Crippen LogP contribution in [0.15, 0.2) is 0 Å². The molecule has 4 aliphatic heterocycles. The molecule has 0 aromatic rings. The van der Waals surface area contributed by atoms with Crippen molar-refractivity contribution in [3.05, 3.63) is 0 Å². The predicted octanol–water partition coefficient (Wildman–Crippen LogP) is -8.58. The van der Waals surface area contributed by atoms with Gasteiger partial charge in [-0.1, -0.05) is 0 Å². The Kier molecular flexibility index (Phi) is 13.2. The number of hydrogen-bond acceptors (Lipinski definition) is 20. The Labute approximate surface area is 267 Å². The Morgan fingerprint density at radius 1 is 0.553 bits per heavy atom. The van der Waals surface area contributed by atoms with Crippen LogP contribution in [0, 0.1) is 0 Å². The first-order chi connectivity index (χ1) is 22.1. The zero-order chi connectivity index (χ0) is 34.9. The minimum absolute atomic E-state index is 0.713. The molecule has 0 bridgehead atoms. The molecule has 4 aliphatic rings. The molecule has 1 unspecified atom stereocenters. The molecule has 0 aliphatic carbocycles. The Balaban J connectivity index is 1.73. The van der Waals surface area contributed by atoms with E-state index in [0.717, 1.165) is 6.92 Å². The fraction of sp³-hybridized carbons (Fsp3) is 0.962. The van der Waals surface area contributed by atoms with Gasteiger partial charge >= 0.3 is 0 Å². The number of carbonyl (C=O) groups is 1. The molecule has 0 radical (unpaired) electrons. The van der Waals surface area contributed by atoms with Gasteiger partial charge in [-0.2, -0.15) is 0 Å². The van der Waals surface area contributed by atoms with E-state index >= 15 is 0 Å².